The van der Waals surface area contributed by atoms with Crippen molar-refractivity contribution in [3.05, 3.63) is 52.0 Å². The van der Waals surface area contributed by atoms with Gasteiger partial charge in [-0.05, 0) is 70.4 Å². The molecule has 1 N–H and O–H groups in total. The summed E-state index contributed by atoms with van der Waals surface area (Å²) in [6.45, 7) is 2.60. The Morgan fingerprint density at radius 1 is 1.17 bits per heavy atom. The number of hydrogen-bond acceptors (Lipinski definition) is 3. The lowest BCUT2D eigenvalue weighted by atomic mass is 9.91. The van der Waals surface area contributed by atoms with Gasteiger partial charge in [-0.15, -0.1) is 0 Å². The minimum Gasteiger partial charge on any atom is -0.494 e. The van der Waals surface area contributed by atoms with Crippen LogP contribution in [0.3, 0.4) is 0 Å². The first-order chi connectivity index (χ1) is 14.2. The van der Waals surface area contributed by atoms with Crippen LogP contribution in [0.4, 0.5) is 0 Å². The Kier molecular flexibility index (Phi) is 6.24. The van der Waals surface area contributed by atoms with Gasteiger partial charge in [-0.1, -0.05) is 23.3 Å². The van der Waals surface area contributed by atoms with Crippen LogP contribution in [-0.4, -0.2) is 29.4 Å². The number of hydrogen-bond donors (Lipinski definition) is 1. The van der Waals surface area contributed by atoms with Gasteiger partial charge in [0.1, 0.15) is 5.75 Å². The van der Waals surface area contributed by atoms with Crippen LogP contribution in [0.15, 0.2) is 46.3 Å². The van der Waals surface area contributed by atoms with Crippen molar-refractivity contribution in [1.29, 1.82) is 0 Å². The number of fused-ring (bicyclic) bond motifs is 1. The van der Waals surface area contributed by atoms with Gasteiger partial charge in [0, 0.05) is 20.6 Å². The summed E-state index contributed by atoms with van der Waals surface area (Å²) in [4.78, 5) is 15.7. The summed E-state index contributed by atoms with van der Waals surface area (Å²) in [5.74, 6) is 0.818. The summed E-state index contributed by atoms with van der Waals surface area (Å²) in [6, 6.07) is 6.08. The van der Waals surface area contributed by atoms with Crippen LogP contribution < -0.4 is 10.4 Å². The first kappa shape index (κ1) is 20.0. The average molecular weight is 399 g/mol. The van der Waals surface area contributed by atoms with Gasteiger partial charge in [-0.25, -0.2) is 4.79 Å². The van der Waals surface area contributed by atoms with Crippen molar-refractivity contribution in [2.75, 3.05) is 13.7 Å². The fourth-order valence-corrected chi connectivity index (χ4v) is 4.75. The first-order valence-corrected chi connectivity index (χ1v) is 10.9. The summed E-state index contributed by atoms with van der Waals surface area (Å²) in [7, 11) is 1.81. The van der Waals surface area contributed by atoms with E-state index in [2.05, 4.69) is 17.1 Å². The molecule has 2 aliphatic carbocycles. The predicted octanol–water partition coefficient (Wildman–Crippen LogP) is 5.53. The molecule has 0 aliphatic heterocycles. The normalized spacial score (nSPS) is 22.8. The zero-order chi connectivity index (χ0) is 20.2. The fourth-order valence-electron chi connectivity index (χ4n) is 4.75. The lowest BCUT2D eigenvalue weighted by molar-refractivity contribution is 0.0938. The molecule has 0 fully saturated rings. The monoisotopic (exact) mass is 398 g/mol. The van der Waals surface area contributed by atoms with Gasteiger partial charge < -0.3 is 14.5 Å². The standard InChI is InChI=1S/C24H32N2O3.H2/c1-3-29-21-13-14-22-23(16-21)26(24(27)25-22)19-6-4-5-17(7-10-19)15-18-8-11-20(28-2)12-9-18;/h5,8,13-14,16,19-20H,3-4,6-7,9-12,15H2,1-2H3,(H,25,27);1H/t19?,20-;/m1./s1. The second kappa shape index (κ2) is 9.04. The zero-order valence-corrected chi connectivity index (χ0v) is 17.6. The van der Waals surface area contributed by atoms with Gasteiger partial charge in [0.15, 0.2) is 0 Å². The molecule has 2 aromatic rings. The maximum absolute atomic E-state index is 12.7. The highest BCUT2D eigenvalue weighted by Gasteiger charge is 2.21. The molecule has 5 heteroatoms. The molecule has 0 saturated carbocycles. The molecule has 5 nitrogen and oxygen atoms in total. The van der Waals surface area contributed by atoms with E-state index < -0.39 is 0 Å². The first-order valence-electron chi connectivity index (χ1n) is 10.9. The Labute approximate surface area is 173 Å². The predicted molar refractivity (Wildman–Crippen MR) is 119 cm³/mol. The van der Waals surface area contributed by atoms with E-state index >= 15 is 0 Å². The Bertz CT molecular complexity index is 972. The summed E-state index contributed by atoms with van der Waals surface area (Å²) in [5.41, 5.74) is 4.90. The molecule has 4 rings (SSSR count). The molecule has 158 valence electrons. The van der Waals surface area contributed by atoms with Gasteiger partial charge >= 0.3 is 5.69 Å². The molecule has 1 aromatic carbocycles. The molecular weight excluding hydrogens is 364 g/mol. The maximum Gasteiger partial charge on any atom is 0.326 e. The number of rotatable bonds is 6. The summed E-state index contributed by atoms with van der Waals surface area (Å²) < 4.78 is 13.1. The zero-order valence-electron chi connectivity index (χ0n) is 17.6. The topological polar surface area (TPSA) is 56.2 Å². The van der Waals surface area contributed by atoms with Crippen LogP contribution in [0.2, 0.25) is 0 Å². The number of allylic oxidation sites excluding steroid dienone is 3. The van der Waals surface area contributed by atoms with Crippen LogP contribution in [0.5, 0.6) is 5.75 Å². The van der Waals surface area contributed by atoms with Gasteiger partial charge in [0.25, 0.3) is 0 Å². The van der Waals surface area contributed by atoms with Crippen LogP contribution in [-0.2, 0) is 4.74 Å². The second-order valence-electron chi connectivity index (χ2n) is 8.22. The average Bonchev–Trinajstić information content (AvgIpc) is 2.89. The van der Waals surface area contributed by atoms with Crippen LogP contribution >= 0.6 is 0 Å². The molecular formula is C24H34N2O3. The summed E-state index contributed by atoms with van der Waals surface area (Å²) in [5, 5.41) is 0. The molecule has 2 atom stereocenters. The number of aromatic amines is 1. The van der Waals surface area contributed by atoms with Crippen LogP contribution in [0.25, 0.3) is 11.0 Å². The van der Waals surface area contributed by atoms with Crippen molar-refractivity contribution in [3.8, 4) is 5.75 Å². The Balaban J connectivity index is 0.00000256. The lowest BCUT2D eigenvalue weighted by Gasteiger charge is -2.21. The molecule has 1 unspecified atom stereocenters. The third-order valence-corrected chi connectivity index (χ3v) is 6.34. The van der Waals surface area contributed by atoms with Crippen molar-refractivity contribution in [2.24, 2.45) is 0 Å². The van der Waals surface area contributed by atoms with Gasteiger partial charge in [0.05, 0.1) is 23.7 Å². The Morgan fingerprint density at radius 3 is 2.76 bits per heavy atom. The number of H-pyrrole nitrogens is 1. The maximum atomic E-state index is 12.7. The SMILES string of the molecule is CCOc1ccc2[nH]c(=O)n(C3CCC=C(CC4=CC[C@@H](OC)CC4)CC3)c2c1.[HH]. The van der Waals surface area contributed by atoms with E-state index in [0.29, 0.717) is 12.7 Å². The third kappa shape index (κ3) is 4.50. The number of aromatic nitrogens is 2. The van der Waals surface area contributed by atoms with Gasteiger partial charge in [-0.2, -0.15) is 0 Å². The Morgan fingerprint density at radius 2 is 2.00 bits per heavy atom. The fraction of sp³-hybridized carbons (Fsp3) is 0.542. The van der Waals surface area contributed by atoms with E-state index in [0.717, 1.165) is 68.1 Å². The molecule has 0 spiro atoms. The second-order valence-corrected chi connectivity index (χ2v) is 8.22. The number of methoxy groups -OCH3 is 1. The van der Waals surface area contributed by atoms with E-state index in [-0.39, 0.29) is 13.2 Å². The third-order valence-electron chi connectivity index (χ3n) is 6.34. The van der Waals surface area contributed by atoms with Crippen molar-refractivity contribution in [1.82, 2.24) is 9.55 Å². The largest absolute Gasteiger partial charge is 0.494 e. The van der Waals surface area contributed by atoms with Crippen molar-refractivity contribution >= 4 is 11.0 Å². The quantitative estimate of drug-likeness (QED) is 0.651. The number of ether oxygens (including phenoxy) is 2. The van der Waals surface area contributed by atoms with E-state index in [1.165, 1.54) is 5.57 Å². The summed E-state index contributed by atoms with van der Waals surface area (Å²) >= 11 is 0. The van der Waals surface area contributed by atoms with E-state index in [4.69, 9.17) is 9.47 Å². The lowest BCUT2D eigenvalue weighted by Crippen LogP contribution is -2.22. The van der Waals surface area contributed by atoms with Crippen LogP contribution in [0.1, 0.15) is 65.8 Å². The molecule has 0 saturated heterocycles. The molecule has 1 aromatic heterocycles. The van der Waals surface area contributed by atoms with Crippen molar-refractivity contribution in [2.45, 2.75) is 70.4 Å². The molecule has 1 heterocycles. The molecule has 0 amide bonds. The number of nitrogens with zero attached hydrogens (tertiary/aromatic N) is 1. The number of imidazole rings is 1. The Hall–Kier alpha value is -2.27. The van der Waals surface area contributed by atoms with E-state index in [9.17, 15) is 4.79 Å². The van der Waals surface area contributed by atoms with Gasteiger partial charge in [0.2, 0.25) is 0 Å². The van der Waals surface area contributed by atoms with E-state index in [1.54, 1.807) is 12.7 Å². The highest BCUT2D eigenvalue weighted by Crippen LogP contribution is 2.33. The minimum atomic E-state index is -0.0114. The van der Waals surface area contributed by atoms with Crippen molar-refractivity contribution < 1.29 is 10.9 Å². The van der Waals surface area contributed by atoms with E-state index in [1.807, 2.05) is 29.7 Å². The molecule has 0 bridgehead atoms. The van der Waals surface area contributed by atoms with Crippen molar-refractivity contribution in [3.63, 3.8) is 0 Å². The smallest absolute Gasteiger partial charge is 0.326 e. The number of benzene rings is 1. The molecule has 29 heavy (non-hydrogen) atoms. The highest BCUT2D eigenvalue weighted by molar-refractivity contribution is 5.77. The summed E-state index contributed by atoms with van der Waals surface area (Å²) in [6.07, 6.45) is 13.7. The molecule has 0 radical (unpaired) electrons. The minimum absolute atomic E-state index is 0. The van der Waals surface area contributed by atoms with Crippen LogP contribution in [0, 0.1) is 0 Å². The number of nitrogens with one attached hydrogen (secondary N) is 1. The highest BCUT2D eigenvalue weighted by atomic mass is 16.5. The van der Waals surface area contributed by atoms with Gasteiger partial charge in [-0.3, -0.25) is 4.57 Å². The molecule has 2 aliphatic rings.